The van der Waals surface area contributed by atoms with Gasteiger partial charge in [-0.15, -0.1) is 0 Å². The van der Waals surface area contributed by atoms with Gasteiger partial charge in [-0.25, -0.2) is 4.79 Å². The van der Waals surface area contributed by atoms with Crippen LogP contribution in [0, 0.1) is 0 Å². The van der Waals surface area contributed by atoms with Crippen LogP contribution in [0.15, 0.2) is 30.5 Å². The third-order valence-corrected chi connectivity index (χ3v) is 3.24. The van der Waals surface area contributed by atoms with Crippen molar-refractivity contribution in [1.29, 1.82) is 0 Å². The second-order valence-corrected chi connectivity index (χ2v) is 7.95. The van der Waals surface area contributed by atoms with Crippen molar-refractivity contribution < 1.29 is 19.4 Å². The molecule has 2 aromatic rings. The summed E-state index contributed by atoms with van der Waals surface area (Å²) in [6.45, 7) is 11.2. The van der Waals surface area contributed by atoms with Gasteiger partial charge >= 0.3 is 6.09 Å². The summed E-state index contributed by atoms with van der Waals surface area (Å²) >= 11 is 0. The van der Waals surface area contributed by atoms with Crippen LogP contribution in [0.3, 0.4) is 0 Å². The van der Waals surface area contributed by atoms with E-state index in [4.69, 9.17) is 9.47 Å². The summed E-state index contributed by atoms with van der Waals surface area (Å²) < 4.78 is 12.4. The number of fused-ring (bicyclic) bond motifs is 1. The average Bonchev–Trinajstić information content (AvgIpc) is 2.77. The van der Waals surface area contributed by atoms with Gasteiger partial charge in [0.05, 0.1) is 11.1 Å². The molecule has 0 fully saturated rings. The summed E-state index contributed by atoms with van der Waals surface area (Å²) in [5.74, 6) is 0. The van der Waals surface area contributed by atoms with Gasteiger partial charge in [0, 0.05) is 18.0 Å². The first kappa shape index (κ1) is 18.5. The molecule has 5 nitrogen and oxygen atoms in total. The molecule has 0 radical (unpaired) electrons. The van der Waals surface area contributed by atoms with E-state index in [1.165, 1.54) is 4.57 Å². The van der Waals surface area contributed by atoms with Crippen molar-refractivity contribution >= 4 is 17.0 Å². The number of carbonyl (C=O) groups excluding carboxylic acids is 1. The Morgan fingerprint density at radius 1 is 1.12 bits per heavy atom. The quantitative estimate of drug-likeness (QED) is 0.859. The number of hydrogen-bond donors (Lipinski definition) is 1. The van der Waals surface area contributed by atoms with Crippen LogP contribution < -0.4 is 0 Å². The zero-order valence-electron chi connectivity index (χ0n) is 15.3. The van der Waals surface area contributed by atoms with Gasteiger partial charge in [0.25, 0.3) is 0 Å². The zero-order chi connectivity index (χ0) is 18.1. The van der Waals surface area contributed by atoms with Crippen molar-refractivity contribution in [1.82, 2.24) is 4.57 Å². The zero-order valence-corrected chi connectivity index (χ0v) is 15.3. The molecule has 0 aliphatic carbocycles. The van der Waals surface area contributed by atoms with Gasteiger partial charge in [-0.1, -0.05) is 6.07 Å². The molecular formula is C19H27NO4. The van der Waals surface area contributed by atoms with E-state index >= 15 is 0 Å². The van der Waals surface area contributed by atoms with Gasteiger partial charge in [-0.2, -0.15) is 0 Å². The largest absolute Gasteiger partial charge is 0.443 e. The van der Waals surface area contributed by atoms with E-state index in [1.54, 1.807) is 6.20 Å². The minimum atomic E-state index is -0.865. The second kappa shape index (κ2) is 6.57. The number of ether oxygens (including phenoxy) is 2. The summed E-state index contributed by atoms with van der Waals surface area (Å²) in [7, 11) is 0. The number of aliphatic hydroxyl groups excluding tert-OH is 1. The third-order valence-electron chi connectivity index (χ3n) is 3.24. The summed E-state index contributed by atoms with van der Waals surface area (Å²) in [6, 6.07) is 7.56. The highest BCUT2D eigenvalue weighted by Crippen LogP contribution is 2.21. The normalized spacial score (nSPS) is 14.0. The minimum absolute atomic E-state index is 0.394. The van der Waals surface area contributed by atoms with Crippen molar-refractivity contribution in [3.8, 4) is 0 Å². The van der Waals surface area contributed by atoms with Crippen molar-refractivity contribution in [2.75, 3.05) is 0 Å². The number of aromatic nitrogens is 1. The molecule has 24 heavy (non-hydrogen) atoms. The van der Waals surface area contributed by atoms with Gasteiger partial charge in [-0.3, -0.25) is 4.57 Å². The van der Waals surface area contributed by atoms with Crippen LogP contribution in [0.4, 0.5) is 4.79 Å². The predicted octanol–water partition coefficient (Wildman–Crippen LogP) is 4.10. The number of aliphatic hydroxyl groups is 1. The monoisotopic (exact) mass is 333 g/mol. The van der Waals surface area contributed by atoms with Gasteiger partial charge in [0.2, 0.25) is 0 Å². The number of rotatable bonds is 3. The van der Waals surface area contributed by atoms with Crippen LogP contribution in [0.5, 0.6) is 0 Å². The van der Waals surface area contributed by atoms with E-state index in [1.807, 2.05) is 65.8 Å². The SMILES string of the molecule is CC(C)(C)OC(=O)n1ccc2cc(CC(O)OC(C)(C)C)ccc21. The smallest absolute Gasteiger partial charge is 0.418 e. The Morgan fingerprint density at radius 2 is 1.79 bits per heavy atom. The summed E-state index contributed by atoms with van der Waals surface area (Å²) in [4.78, 5) is 12.2. The number of hydrogen-bond acceptors (Lipinski definition) is 4. The average molecular weight is 333 g/mol. The molecule has 0 aliphatic heterocycles. The molecule has 1 N–H and O–H groups in total. The summed E-state index contributed by atoms with van der Waals surface area (Å²) in [5, 5.41) is 10.9. The Labute approximate surface area is 143 Å². The van der Waals surface area contributed by atoms with E-state index < -0.39 is 23.6 Å². The minimum Gasteiger partial charge on any atom is -0.443 e. The van der Waals surface area contributed by atoms with Gasteiger partial charge in [0.15, 0.2) is 6.29 Å². The van der Waals surface area contributed by atoms with E-state index in [2.05, 4.69) is 0 Å². The molecule has 0 aliphatic rings. The molecule has 0 bridgehead atoms. The van der Waals surface area contributed by atoms with Crippen molar-refractivity contribution in [2.24, 2.45) is 0 Å². The lowest BCUT2D eigenvalue weighted by Gasteiger charge is -2.24. The van der Waals surface area contributed by atoms with Crippen LogP contribution in [0.1, 0.15) is 47.1 Å². The Bertz CT molecular complexity index is 719. The Hall–Kier alpha value is -1.85. The van der Waals surface area contributed by atoms with E-state index in [9.17, 15) is 9.90 Å². The molecule has 0 amide bonds. The lowest BCUT2D eigenvalue weighted by molar-refractivity contribution is -0.163. The molecule has 1 unspecified atom stereocenters. The lowest BCUT2D eigenvalue weighted by Crippen LogP contribution is -2.28. The van der Waals surface area contributed by atoms with Crippen molar-refractivity contribution in [3.63, 3.8) is 0 Å². The van der Waals surface area contributed by atoms with Crippen LogP contribution in [0.25, 0.3) is 10.9 Å². The molecular weight excluding hydrogens is 306 g/mol. The lowest BCUT2D eigenvalue weighted by atomic mass is 10.1. The Morgan fingerprint density at radius 3 is 2.38 bits per heavy atom. The molecule has 1 aromatic heterocycles. The molecule has 2 rings (SSSR count). The molecule has 132 valence electrons. The first-order valence-electron chi connectivity index (χ1n) is 8.14. The maximum absolute atomic E-state index is 12.2. The fourth-order valence-electron chi connectivity index (χ4n) is 2.44. The molecule has 0 saturated carbocycles. The molecule has 1 heterocycles. The number of benzene rings is 1. The van der Waals surface area contributed by atoms with Crippen LogP contribution >= 0.6 is 0 Å². The van der Waals surface area contributed by atoms with Gasteiger partial charge in [-0.05, 0) is 65.3 Å². The predicted molar refractivity (Wildman–Crippen MR) is 94.1 cm³/mol. The van der Waals surface area contributed by atoms with Gasteiger partial charge in [0.1, 0.15) is 5.60 Å². The van der Waals surface area contributed by atoms with E-state index in [-0.39, 0.29) is 0 Å². The van der Waals surface area contributed by atoms with E-state index in [0.717, 1.165) is 16.5 Å². The molecule has 0 saturated heterocycles. The highest BCUT2D eigenvalue weighted by molar-refractivity contribution is 5.89. The summed E-state index contributed by atoms with van der Waals surface area (Å²) in [6.07, 6.45) is 0.826. The first-order valence-corrected chi connectivity index (χ1v) is 8.14. The topological polar surface area (TPSA) is 60.7 Å². The fourth-order valence-corrected chi connectivity index (χ4v) is 2.44. The highest BCUT2D eigenvalue weighted by atomic mass is 16.6. The van der Waals surface area contributed by atoms with Crippen LogP contribution in [-0.4, -0.2) is 33.3 Å². The number of nitrogens with zero attached hydrogens (tertiary/aromatic N) is 1. The van der Waals surface area contributed by atoms with Crippen molar-refractivity contribution in [3.05, 3.63) is 36.0 Å². The van der Waals surface area contributed by atoms with Crippen molar-refractivity contribution in [2.45, 2.75) is 65.5 Å². The summed E-state index contributed by atoms with van der Waals surface area (Å²) in [5.41, 5.74) is 0.784. The number of carbonyl (C=O) groups is 1. The maximum atomic E-state index is 12.2. The molecule has 5 heteroatoms. The third kappa shape index (κ3) is 5.08. The molecule has 1 atom stereocenters. The fraction of sp³-hybridized carbons (Fsp3) is 0.526. The Kier molecular flexibility index (Phi) is 5.06. The van der Waals surface area contributed by atoms with E-state index in [0.29, 0.717) is 6.42 Å². The van der Waals surface area contributed by atoms with Gasteiger partial charge < -0.3 is 14.6 Å². The second-order valence-electron chi connectivity index (χ2n) is 7.95. The Balaban J connectivity index is 2.17. The van der Waals surface area contributed by atoms with Crippen LogP contribution in [-0.2, 0) is 15.9 Å². The highest BCUT2D eigenvalue weighted by Gasteiger charge is 2.20. The molecule has 1 aromatic carbocycles. The van der Waals surface area contributed by atoms with Crippen LogP contribution in [0.2, 0.25) is 0 Å². The first-order chi connectivity index (χ1) is 10.9. The standard InChI is InChI=1S/C19H27NO4/c1-18(2,3)23-16(21)12-13-7-8-15-14(11-13)9-10-20(15)17(22)24-19(4,5)6/h7-11,16,21H,12H2,1-6H3. The molecule has 0 spiro atoms. The maximum Gasteiger partial charge on any atom is 0.418 e.